The van der Waals surface area contributed by atoms with Crippen molar-refractivity contribution in [2.24, 2.45) is 0 Å². The number of carbonyl (C=O) groups is 2. The fourth-order valence-electron chi connectivity index (χ4n) is 2.86. The SMILES string of the molecule is CNS(=O)(=O)Cc1ccccc1CNC(=O)C(CCSC)NC(=O)COc1ccccc1. The molecule has 0 aliphatic heterocycles. The standard InChI is InChI=1S/C22H29N3O5S2/c1-23-32(28,29)16-18-9-7-6-8-17(18)14-24-22(27)20(12-13-31-2)25-21(26)15-30-19-10-4-3-5-11-19/h3-11,20,23H,12-16H2,1-2H3,(H,24,27)(H,25,26). The monoisotopic (exact) mass is 479 g/mol. The molecule has 32 heavy (non-hydrogen) atoms. The van der Waals surface area contributed by atoms with Crippen LogP contribution >= 0.6 is 11.8 Å². The van der Waals surface area contributed by atoms with Crippen molar-refractivity contribution >= 4 is 33.6 Å². The minimum absolute atomic E-state index is 0.153. The van der Waals surface area contributed by atoms with Crippen LogP contribution in [-0.4, -0.2) is 51.9 Å². The number of carbonyl (C=O) groups excluding carboxylic acids is 2. The van der Waals surface area contributed by atoms with Crippen LogP contribution in [-0.2, 0) is 31.9 Å². The first kappa shape index (κ1) is 25.7. The fourth-order valence-corrected chi connectivity index (χ4v) is 4.17. The van der Waals surface area contributed by atoms with Gasteiger partial charge >= 0.3 is 0 Å². The lowest BCUT2D eigenvalue weighted by molar-refractivity contribution is -0.130. The van der Waals surface area contributed by atoms with Crippen molar-refractivity contribution in [2.45, 2.75) is 24.8 Å². The number of nitrogens with one attached hydrogen (secondary N) is 3. The number of sulfonamides is 1. The third-order valence-corrected chi connectivity index (χ3v) is 6.56. The van der Waals surface area contributed by atoms with E-state index < -0.39 is 22.0 Å². The second-order valence-electron chi connectivity index (χ2n) is 6.95. The third-order valence-electron chi connectivity index (χ3n) is 4.60. The summed E-state index contributed by atoms with van der Waals surface area (Å²) >= 11 is 1.57. The van der Waals surface area contributed by atoms with Crippen LogP contribution in [0.5, 0.6) is 5.75 Å². The highest BCUT2D eigenvalue weighted by molar-refractivity contribution is 7.98. The number of ether oxygens (including phenoxy) is 1. The van der Waals surface area contributed by atoms with Gasteiger partial charge in [-0.05, 0) is 48.7 Å². The lowest BCUT2D eigenvalue weighted by Gasteiger charge is -2.19. The summed E-state index contributed by atoms with van der Waals surface area (Å²) in [6.07, 6.45) is 2.38. The Morgan fingerprint density at radius 2 is 1.69 bits per heavy atom. The zero-order valence-corrected chi connectivity index (χ0v) is 19.8. The summed E-state index contributed by atoms with van der Waals surface area (Å²) in [6.45, 7) is -0.0435. The smallest absolute Gasteiger partial charge is 0.258 e. The maximum absolute atomic E-state index is 12.8. The molecule has 1 atom stereocenters. The molecule has 0 aliphatic rings. The zero-order chi connectivity index (χ0) is 23.4. The van der Waals surface area contributed by atoms with E-state index in [1.807, 2.05) is 24.5 Å². The summed E-state index contributed by atoms with van der Waals surface area (Å²) in [5, 5.41) is 5.54. The Balaban J connectivity index is 1.97. The Labute approximate surface area is 193 Å². The van der Waals surface area contributed by atoms with Gasteiger partial charge in [-0.2, -0.15) is 11.8 Å². The molecule has 0 aliphatic carbocycles. The molecule has 2 aromatic carbocycles. The van der Waals surface area contributed by atoms with Crippen molar-refractivity contribution in [1.82, 2.24) is 15.4 Å². The topological polar surface area (TPSA) is 114 Å². The van der Waals surface area contributed by atoms with Crippen LogP contribution in [0.3, 0.4) is 0 Å². The highest BCUT2D eigenvalue weighted by atomic mass is 32.2. The quantitative estimate of drug-likeness (QED) is 0.403. The summed E-state index contributed by atoms with van der Waals surface area (Å²) in [5.41, 5.74) is 1.30. The Kier molecular flexibility index (Phi) is 10.5. The first-order valence-electron chi connectivity index (χ1n) is 10.1. The number of hydrogen-bond acceptors (Lipinski definition) is 6. The predicted molar refractivity (Wildman–Crippen MR) is 127 cm³/mol. The van der Waals surface area contributed by atoms with Crippen LogP contribution in [0.15, 0.2) is 54.6 Å². The molecule has 0 bridgehead atoms. The van der Waals surface area contributed by atoms with Crippen LogP contribution < -0.4 is 20.1 Å². The number of thioether (sulfide) groups is 1. The highest BCUT2D eigenvalue weighted by Crippen LogP contribution is 2.12. The molecule has 174 valence electrons. The van der Waals surface area contributed by atoms with Crippen molar-refractivity contribution in [1.29, 1.82) is 0 Å². The summed E-state index contributed by atoms with van der Waals surface area (Å²) in [4.78, 5) is 25.1. The number of amides is 2. The van der Waals surface area contributed by atoms with Crippen LogP contribution in [0, 0.1) is 0 Å². The average Bonchev–Trinajstić information content (AvgIpc) is 2.80. The fraction of sp³-hybridized carbons (Fsp3) is 0.364. The molecule has 0 aromatic heterocycles. The first-order chi connectivity index (χ1) is 15.3. The Morgan fingerprint density at radius 1 is 1.03 bits per heavy atom. The van der Waals surface area contributed by atoms with E-state index in [0.29, 0.717) is 29.1 Å². The van der Waals surface area contributed by atoms with E-state index in [0.717, 1.165) is 0 Å². The van der Waals surface area contributed by atoms with E-state index in [9.17, 15) is 18.0 Å². The van der Waals surface area contributed by atoms with Crippen LogP contribution in [0.1, 0.15) is 17.5 Å². The van der Waals surface area contributed by atoms with Crippen molar-refractivity contribution in [3.63, 3.8) is 0 Å². The van der Waals surface area contributed by atoms with Gasteiger partial charge in [0.15, 0.2) is 6.61 Å². The number of benzene rings is 2. The molecule has 8 nitrogen and oxygen atoms in total. The molecule has 1 unspecified atom stereocenters. The predicted octanol–water partition coefficient (Wildman–Crippen LogP) is 1.67. The minimum Gasteiger partial charge on any atom is -0.484 e. The second kappa shape index (κ2) is 13.1. The van der Waals surface area contributed by atoms with E-state index in [1.54, 1.807) is 48.2 Å². The third kappa shape index (κ3) is 8.89. The normalized spacial score (nSPS) is 12.1. The van der Waals surface area contributed by atoms with Crippen LogP contribution in [0.2, 0.25) is 0 Å². The summed E-state index contributed by atoms with van der Waals surface area (Å²) < 4.78 is 31.6. The van der Waals surface area contributed by atoms with E-state index in [4.69, 9.17) is 4.74 Å². The second-order valence-corrected chi connectivity index (χ2v) is 9.87. The summed E-state index contributed by atoms with van der Waals surface area (Å²) in [7, 11) is -2.08. The van der Waals surface area contributed by atoms with Crippen molar-refractivity contribution in [2.75, 3.05) is 25.7 Å². The van der Waals surface area contributed by atoms with Gasteiger partial charge in [0.05, 0.1) is 5.75 Å². The molecular weight excluding hydrogens is 450 g/mol. The molecule has 3 N–H and O–H groups in total. The molecule has 2 rings (SSSR count). The Hall–Kier alpha value is -2.56. The Morgan fingerprint density at radius 3 is 2.34 bits per heavy atom. The first-order valence-corrected chi connectivity index (χ1v) is 13.1. The van der Waals surface area contributed by atoms with Gasteiger partial charge in [-0.15, -0.1) is 0 Å². The maximum Gasteiger partial charge on any atom is 0.258 e. The van der Waals surface area contributed by atoms with Gasteiger partial charge in [0, 0.05) is 6.54 Å². The number of para-hydroxylation sites is 1. The highest BCUT2D eigenvalue weighted by Gasteiger charge is 2.21. The maximum atomic E-state index is 12.8. The van der Waals surface area contributed by atoms with E-state index >= 15 is 0 Å². The van der Waals surface area contributed by atoms with Gasteiger partial charge < -0.3 is 15.4 Å². The zero-order valence-electron chi connectivity index (χ0n) is 18.2. The van der Waals surface area contributed by atoms with Gasteiger partial charge in [0.25, 0.3) is 5.91 Å². The van der Waals surface area contributed by atoms with E-state index in [1.165, 1.54) is 7.05 Å². The number of rotatable bonds is 13. The van der Waals surface area contributed by atoms with Gasteiger partial charge in [0.1, 0.15) is 11.8 Å². The molecular formula is C22H29N3O5S2. The molecule has 0 saturated heterocycles. The molecule has 0 heterocycles. The van der Waals surface area contributed by atoms with Crippen molar-refractivity contribution < 1.29 is 22.7 Å². The molecule has 0 fully saturated rings. The van der Waals surface area contributed by atoms with E-state index in [-0.39, 0.29) is 24.8 Å². The lowest BCUT2D eigenvalue weighted by atomic mass is 10.1. The minimum atomic E-state index is -3.44. The van der Waals surface area contributed by atoms with E-state index in [2.05, 4.69) is 15.4 Å². The van der Waals surface area contributed by atoms with Crippen LogP contribution in [0.25, 0.3) is 0 Å². The van der Waals surface area contributed by atoms with Crippen molar-refractivity contribution in [3.05, 3.63) is 65.7 Å². The summed E-state index contributed by atoms with van der Waals surface area (Å²) in [5.74, 6) is 0.350. The van der Waals surface area contributed by atoms with Gasteiger partial charge in [-0.1, -0.05) is 42.5 Å². The molecule has 2 aromatic rings. The Bertz CT molecular complexity index is 984. The molecule has 0 spiro atoms. The molecule has 2 amide bonds. The largest absolute Gasteiger partial charge is 0.484 e. The van der Waals surface area contributed by atoms with Gasteiger partial charge in [0.2, 0.25) is 15.9 Å². The van der Waals surface area contributed by atoms with Crippen LogP contribution in [0.4, 0.5) is 0 Å². The molecule has 10 heteroatoms. The lowest BCUT2D eigenvalue weighted by Crippen LogP contribution is -2.48. The molecule has 0 radical (unpaired) electrons. The molecule has 0 saturated carbocycles. The average molecular weight is 480 g/mol. The number of hydrogen-bond donors (Lipinski definition) is 3. The summed E-state index contributed by atoms with van der Waals surface area (Å²) in [6, 6.07) is 15.3. The van der Waals surface area contributed by atoms with Gasteiger partial charge in [-0.25, -0.2) is 13.1 Å². The van der Waals surface area contributed by atoms with Crippen molar-refractivity contribution in [3.8, 4) is 5.75 Å². The van der Waals surface area contributed by atoms with Gasteiger partial charge in [-0.3, -0.25) is 9.59 Å².